The van der Waals surface area contributed by atoms with Crippen LogP contribution in [-0.2, 0) is 9.84 Å². The highest BCUT2D eigenvalue weighted by molar-refractivity contribution is 7.90. The fraction of sp³-hybridized carbons (Fsp3) is 0.133. The van der Waals surface area contributed by atoms with Crippen molar-refractivity contribution in [3.8, 4) is 0 Å². The first-order valence-electron chi connectivity index (χ1n) is 5.80. The molecule has 0 fully saturated rings. The van der Waals surface area contributed by atoms with Crippen LogP contribution in [0.4, 0.5) is 0 Å². The average molecular weight is 274 g/mol. The van der Waals surface area contributed by atoms with Crippen LogP contribution in [0.2, 0.25) is 0 Å². The van der Waals surface area contributed by atoms with Gasteiger partial charge in [-0.2, -0.15) is 0 Å². The molecular formula is C15H14O3S. The summed E-state index contributed by atoms with van der Waals surface area (Å²) in [7, 11) is -3.30. The van der Waals surface area contributed by atoms with Gasteiger partial charge in [-0.15, -0.1) is 0 Å². The molecule has 3 nitrogen and oxygen atoms in total. The van der Waals surface area contributed by atoms with Gasteiger partial charge in [0.25, 0.3) is 0 Å². The lowest BCUT2D eigenvalue weighted by molar-refractivity contribution is 0.103. The zero-order chi connectivity index (χ0) is 14.0. The largest absolute Gasteiger partial charge is 0.289 e. The van der Waals surface area contributed by atoms with E-state index in [0.29, 0.717) is 11.1 Å². The number of carbonyl (C=O) groups excluding carboxylic acids is 1. The fourth-order valence-corrected chi connectivity index (χ4v) is 2.52. The zero-order valence-electron chi connectivity index (χ0n) is 10.8. The lowest BCUT2D eigenvalue weighted by atomic mass is 9.99. The van der Waals surface area contributed by atoms with E-state index in [0.717, 1.165) is 11.8 Å². The van der Waals surface area contributed by atoms with Crippen LogP contribution in [0.3, 0.4) is 0 Å². The van der Waals surface area contributed by atoms with Crippen molar-refractivity contribution in [2.24, 2.45) is 0 Å². The Balaban J connectivity index is 2.49. The Bertz CT molecular complexity index is 731. The zero-order valence-corrected chi connectivity index (χ0v) is 11.6. The van der Waals surface area contributed by atoms with Crippen molar-refractivity contribution in [1.82, 2.24) is 0 Å². The Kier molecular flexibility index (Phi) is 3.53. The standard InChI is InChI=1S/C15H14O3S/c1-11-6-3-4-9-14(11)15(16)12-7-5-8-13(10-12)19(2,17)18/h3-10H,1-2H3. The third-order valence-corrected chi connectivity index (χ3v) is 4.02. The summed E-state index contributed by atoms with van der Waals surface area (Å²) < 4.78 is 23.0. The van der Waals surface area contributed by atoms with Crippen molar-refractivity contribution in [3.05, 3.63) is 65.2 Å². The van der Waals surface area contributed by atoms with Gasteiger partial charge < -0.3 is 0 Å². The van der Waals surface area contributed by atoms with Gasteiger partial charge in [0.1, 0.15) is 0 Å². The summed E-state index contributed by atoms with van der Waals surface area (Å²) in [6.07, 6.45) is 1.13. The topological polar surface area (TPSA) is 51.2 Å². The van der Waals surface area contributed by atoms with E-state index >= 15 is 0 Å². The molecule has 0 N–H and O–H groups in total. The maximum atomic E-state index is 12.4. The van der Waals surface area contributed by atoms with E-state index < -0.39 is 9.84 Å². The minimum atomic E-state index is -3.30. The van der Waals surface area contributed by atoms with Crippen LogP contribution >= 0.6 is 0 Å². The molecule has 0 aromatic heterocycles. The maximum Gasteiger partial charge on any atom is 0.193 e. The molecule has 0 aliphatic rings. The van der Waals surface area contributed by atoms with E-state index in [1.165, 1.54) is 12.1 Å². The predicted octanol–water partition coefficient (Wildman–Crippen LogP) is 2.63. The number of hydrogen-bond acceptors (Lipinski definition) is 3. The normalized spacial score (nSPS) is 11.3. The Morgan fingerprint density at radius 3 is 2.32 bits per heavy atom. The first-order chi connectivity index (χ1) is 8.89. The molecule has 2 aromatic carbocycles. The van der Waals surface area contributed by atoms with E-state index in [9.17, 15) is 13.2 Å². The van der Waals surface area contributed by atoms with E-state index in [4.69, 9.17) is 0 Å². The first-order valence-corrected chi connectivity index (χ1v) is 7.69. The van der Waals surface area contributed by atoms with Gasteiger partial charge in [-0.05, 0) is 24.6 Å². The van der Waals surface area contributed by atoms with Crippen LogP contribution < -0.4 is 0 Å². The first kappa shape index (κ1) is 13.5. The Morgan fingerprint density at radius 1 is 1.00 bits per heavy atom. The van der Waals surface area contributed by atoms with Crippen LogP contribution in [0.5, 0.6) is 0 Å². The number of aryl methyl sites for hydroxylation is 1. The monoisotopic (exact) mass is 274 g/mol. The number of sulfone groups is 1. The molecule has 0 unspecified atom stereocenters. The van der Waals surface area contributed by atoms with E-state index in [1.807, 2.05) is 19.1 Å². The molecule has 2 rings (SSSR count). The second-order valence-corrected chi connectivity index (χ2v) is 6.46. The number of benzene rings is 2. The summed E-state index contributed by atoms with van der Waals surface area (Å²) in [5.74, 6) is -0.163. The molecule has 19 heavy (non-hydrogen) atoms. The minimum Gasteiger partial charge on any atom is -0.289 e. The molecule has 0 saturated heterocycles. The van der Waals surface area contributed by atoms with Crippen LogP contribution in [0.1, 0.15) is 21.5 Å². The molecule has 0 radical (unpaired) electrons. The quantitative estimate of drug-likeness (QED) is 0.808. The highest BCUT2D eigenvalue weighted by Gasteiger charge is 2.14. The number of rotatable bonds is 3. The summed E-state index contributed by atoms with van der Waals surface area (Å²) in [5.41, 5.74) is 1.85. The SMILES string of the molecule is Cc1ccccc1C(=O)c1cccc(S(C)(=O)=O)c1. The Morgan fingerprint density at radius 2 is 1.68 bits per heavy atom. The lowest BCUT2D eigenvalue weighted by Crippen LogP contribution is -2.05. The minimum absolute atomic E-state index is 0.159. The average Bonchev–Trinajstić information content (AvgIpc) is 2.38. The van der Waals surface area contributed by atoms with Gasteiger partial charge in [-0.3, -0.25) is 4.79 Å². The number of carbonyl (C=O) groups is 1. The third-order valence-electron chi connectivity index (χ3n) is 2.91. The van der Waals surface area contributed by atoms with Gasteiger partial charge in [0, 0.05) is 17.4 Å². The van der Waals surface area contributed by atoms with Crippen molar-refractivity contribution in [3.63, 3.8) is 0 Å². The molecule has 0 heterocycles. The fourth-order valence-electron chi connectivity index (χ4n) is 1.85. The van der Waals surface area contributed by atoms with Crippen LogP contribution in [0, 0.1) is 6.92 Å². The molecule has 0 bridgehead atoms. The lowest BCUT2D eigenvalue weighted by Gasteiger charge is -2.06. The van der Waals surface area contributed by atoms with E-state index in [-0.39, 0.29) is 10.7 Å². The van der Waals surface area contributed by atoms with Crippen molar-refractivity contribution in [2.75, 3.05) is 6.26 Å². The van der Waals surface area contributed by atoms with Gasteiger partial charge in [0.15, 0.2) is 15.6 Å². The molecule has 0 spiro atoms. The second kappa shape index (κ2) is 4.97. The van der Waals surface area contributed by atoms with E-state index in [1.54, 1.807) is 24.3 Å². The molecule has 0 saturated carbocycles. The highest BCUT2D eigenvalue weighted by atomic mass is 32.2. The molecule has 4 heteroatoms. The molecule has 2 aromatic rings. The predicted molar refractivity (Wildman–Crippen MR) is 74.2 cm³/mol. The van der Waals surface area contributed by atoms with Crippen molar-refractivity contribution < 1.29 is 13.2 Å². The van der Waals surface area contributed by atoms with Gasteiger partial charge in [0.2, 0.25) is 0 Å². The summed E-state index contributed by atoms with van der Waals surface area (Å²) in [6, 6.07) is 13.4. The summed E-state index contributed by atoms with van der Waals surface area (Å²) >= 11 is 0. The van der Waals surface area contributed by atoms with E-state index in [2.05, 4.69) is 0 Å². The summed E-state index contributed by atoms with van der Waals surface area (Å²) in [4.78, 5) is 12.5. The van der Waals surface area contributed by atoms with Crippen LogP contribution in [-0.4, -0.2) is 20.5 Å². The van der Waals surface area contributed by atoms with Crippen LogP contribution in [0.25, 0.3) is 0 Å². The third kappa shape index (κ3) is 2.90. The number of ketones is 1. The molecule has 0 aliphatic heterocycles. The molecule has 0 atom stereocenters. The van der Waals surface area contributed by atoms with Gasteiger partial charge in [-0.1, -0.05) is 36.4 Å². The van der Waals surface area contributed by atoms with Gasteiger partial charge in [-0.25, -0.2) is 8.42 Å². The van der Waals surface area contributed by atoms with Gasteiger partial charge >= 0.3 is 0 Å². The van der Waals surface area contributed by atoms with Crippen molar-refractivity contribution in [1.29, 1.82) is 0 Å². The van der Waals surface area contributed by atoms with Crippen LogP contribution in [0.15, 0.2) is 53.4 Å². The van der Waals surface area contributed by atoms with Crippen molar-refractivity contribution in [2.45, 2.75) is 11.8 Å². The molecule has 0 amide bonds. The highest BCUT2D eigenvalue weighted by Crippen LogP contribution is 2.17. The smallest absolute Gasteiger partial charge is 0.193 e. The Hall–Kier alpha value is -1.94. The maximum absolute atomic E-state index is 12.4. The molecule has 0 aliphatic carbocycles. The van der Waals surface area contributed by atoms with Crippen molar-refractivity contribution >= 4 is 15.6 Å². The second-order valence-electron chi connectivity index (χ2n) is 4.44. The summed E-state index contributed by atoms with van der Waals surface area (Å²) in [5, 5.41) is 0. The molecule has 98 valence electrons. The number of hydrogen-bond donors (Lipinski definition) is 0. The molecular weight excluding hydrogens is 260 g/mol. The van der Waals surface area contributed by atoms with Gasteiger partial charge in [0.05, 0.1) is 4.90 Å². The summed E-state index contributed by atoms with van der Waals surface area (Å²) in [6.45, 7) is 1.85. The Labute approximate surface area is 112 Å².